The van der Waals surface area contributed by atoms with Crippen LogP contribution >= 0.6 is 0 Å². The molecule has 1 atom stereocenters. The van der Waals surface area contributed by atoms with Crippen molar-refractivity contribution < 1.29 is 4.74 Å². The summed E-state index contributed by atoms with van der Waals surface area (Å²) in [5.74, 6) is 0.501. The fourth-order valence-electron chi connectivity index (χ4n) is 1.10. The minimum atomic E-state index is -0.0158. The van der Waals surface area contributed by atoms with Gasteiger partial charge in [0.15, 0.2) is 0 Å². The minimum Gasteiger partial charge on any atom is -0.491 e. The highest BCUT2D eigenvalue weighted by atomic mass is 16.5. The highest BCUT2D eigenvalue weighted by Crippen LogP contribution is 2.23. The average Bonchev–Trinajstić information content (AvgIpc) is 2.25. The van der Waals surface area contributed by atoms with Gasteiger partial charge in [-0.15, -0.1) is 0 Å². The molecule has 0 amide bonds. The van der Waals surface area contributed by atoms with Gasteiger partial charge in [0.05, 0.1) is 5.69 Å². The van der Waals surface area contributed by atoms with Crippen LogP contribution < -0.4 is 16.2 Å². The van der Waals surface area contributed by atoms with Crippen molar-refractivity contribution in [3.05, 3.63) is 23.8 Å². The zero-order chi connectivity index (χ0) is 11.3. The second-order valence-corrected chi connectivity index (χ2v) is 3.31. The van der Waals surface area contributed by atoms with Crippen LogP contribution in [-0.2, 0) is 0 Å². The second-order valence-electron chi connectivity index (χ2n) is 3.31. The summed E-state index contributed by atoms with van der Waals surface area (Å²) in [5, 5.41) is 8.88. The standard InChI is InChI=1S/C11H15N3O/c1-2-8(13)7-15-11-5-3-4-10(14)9(11)6-12/h3-5,8H,2,7,13-14H2,1H3. The molecule has 1 rings (SSSR count). The molecule has 0 radical (unpaired) electrons. The molecule has 0 aromatic heterocycles. The maximum absolute atomic E-state index is 8.88. The summed E-state index contributed by atoms with van der Waals surface area (Å²) in [6, 6.07) is 7.14. The molecule has 4 nitrogen and oxygen atoms in total. The van der Waals surface area contributed by atoms with Gasteiger partial charge in [0.2, 0.25) is 0 Å². The highest BCUT2D eigenvalue weighted by Gasteiger charge is 2.07. The van der Waals surface area contributed by atoms with Gasteiger partial charge in [0.1, 0.15) is 24.0 Å². The zero-order valence-corrected chi connectivity index (χ0v) is 8.73. The van der Waals surface area contributed by atoms with Gasteiger partial charge >= 0.3 is 0 Å². The van der Waals surface area contributed by atoms with Crippen LogP contribution in [0, 0.1) is 11.3 Å². The Kier molecular flexibility index (Phi) is 3.95. The molecule has 0 heterocycles. The molecule has 0 aliphatic heterocycles. The molecule has 1 aromatic rings. The first kappa shape index (κ1) is 11.3. The Bertz CT molecular complexity index is 371. The third kappa shape index (κ3) is 2.86. The van der Waals surface area contributed by atoms with Crippen LogP contribution in [0.4, 0.5) is 5.69 Å². The number of nitrogens with zero attached hydrogens (tertiary/aromatic N) is 1. The molecule has 0 aliphatic rings. The van der Waals surface area contributed by atoms with Crippen molar-refractivity contribution in [2.75, 3.05) is 12.3 Å². The van der Waals surface area contributed by atoms with Gasteiger partial charge in [-0.05, 0) is 18.6 Å². The van der Waals surface area contributed by atoms with Crippen molar-refractivity contribution in [2.45, 2.75) is 19.4 Å². The van der Waals surface area contributed by atoms with Crippen LogP contribution in [0.25, 0.3) is 0 Å². The number of anilines is 1. The molecule has 4 heteroatoms. The lowest BCUT2D eigenvalue weighted by Crippen LogP contribution is -2.26. The molecule has 0 spiro atoms. The Morgan fingerprint density at radius 2 is 2.27 bits per heavy atom. The summed E-state index contributed by atoms with van der Waals surface area (Å²) >= 11 is 0. The van der Waals surface area contributed by atoms with Gasteiger partial charge < -0.3 is 16.2 Å². The first-order valence-electron chi connectivity index (χ1n) is 4.86. The Morgan fingerprint density at radius 3 is 2.87 bits per heavy atom. The molecular formula is C11H15N3O. The van der Waals surface area contributed by atoms with E-state index in [0.717, 1.165) is 6.42 Å². The van der Waals surface area contributed by atoms with Crippen molar-refractivity contribution >= 4 is 5.69 Å². The van der Waals surface area contributed by atoms with E-state index in [9.17, 15) is 0 Å². The zero-order valence-electron chi connectivity index (χ0n) is 8.73. The van der Waals surface area contributed by atoms with Crippen molar-refractivity contribution in [1.82, 2.24) is 0 Å². The molecule has 80 valence electrons. The lowest BCUT2D eigenvalue weighted by Gasteiger charge is -2.12. The van der Waals surface area contributed by atoms with E-state index in [1.165, 1.54) is 0 Å². The predicted molar refractivity (Wildman–Crippen MR) is 59.3 cm³/mol. The molecule has 15 heavy (non-hydrogen) atoms. The Labute approximate surface area is 89.4 Å². The third-order valence-corrected chi connectivity index (χ3v) is 2.15. The number of hydrogen-bond donors (Lipinski definition) is 2. The van der Waals surface area contributed by atoms with Gasteiger partial charge in [-0.25, -0.2) is 0 Å². The fourth-order valence-corrected chi connectivity index (χ4v) is 1.10. The molecule has 0 bridgehead atoms. The topological polar surface area (TPSA) is 85.1 Å². The number of nitrogen functional groups attached to an aromatic ring is 1. The van der Waals surface area contributed by atoms with E-state index < -0.39 is 0 Å². The number of rotatable bonds is 4. The van der Waals surface area contributed by atoms with Crippen LogP contribution in [0.2, 0.25) is 0 Å². The monoisotopic (exact) mass is 205 g/mol. The van der Waals surface area contributed by atoms with Crippen LogP contribution in [0.5, 0.6) is 5.75 Å². The fraction of sp³-hybridized carbons (Fsp3) is 0.364. The molecular weight excluding hydrogens is 190 g/mol. The SMILES string of the molecule is CCC(N)COc1cccc(N)c1C#N. The van der Waals surface area contributed by atoms with E-state index in [2.05, 4.69) is 0 Å². The Hall–Kier alpha value is -1.73. The summed E-state index contributed by atoms with van der Waals surface area (Å²) < 4.78 is 5.43. The van der Waals surface area contributed by atoms with Gasteiger partial charge in [0, 0.05) is 6.04 Å². The first-order chi connectivity index (χ1) is 7.19. The molecule has 0 saturated heterocycles. The van der Waals surface area contributed by atoms with E-state index in [0.29, 0.717) is 23.6 Å². The number of nitriles is 1. The summed E-state index contributed by atoms with van der Waals surface area (Å²) in [6.07, 6.45) is 0.838. The van der Waals surface area contributed by atoms with Crippen LogP contribution in [0.1, 0.15) is 18.9 Å². The smallest absolute Gasteiger partial charge is 0.139 e. The molecule has 0 saturated carbocycles. The van der Waals surface area contributed by atoms with Crippen LogP contribution in [0.3, 0.4) is 0 Å². The minimum absolute atomic E-state index is 0.0158. The van der Waals surface area contributed by atoms with E-state index in [1.54, 1.807) is 18.2 Å². The highest BCUT2D eigenvalue weighted by molar-refractivity contribution is 5.60. The summed E-state index contributed by atoms with van der Waals surface area (Å²) in [5.41, 5.74) is 12.2. The molecule has 1 aromatic carbocycles. The first-order valence-corrected chi connectivity index (χ1v) is 4.86. The normalized spacial score (nSPS) is 11.8. The lowest BCUT2D eigenvalue weighted by molar-refractivity contribution is 0.285. The molecule has 4 N–H and O–H groups in total. The molecule has 1 unspecified atom stereocenters. The van der Waals surface area contributed by atoms with E-state index in [4.69, 9.17) is 21.5 Å². The second kappa shape index (κ2) is 5.23. The Balaban J connectivity index is 2.77. The number of hydrogen-bond acceptors (Lipinski definition) is 4. The van der Waals surface area contributed by atoms with E-state index in [1.807, 2.05) is 13.0 Å². The predicted octanol–water partition coefficient (Wildman–Crippen LogP) is 1.26. The van der Waals surface area contributed by atoms with Crippen molar-refractivity contribution in [3.8, 4) is 11.8 Å². The van der Waals surface area contributed by atoms with Gasteiger partial charge in [-0.2, -0.15) is 5.26 Å². The molecule has 0 aliphatic carbocycles. The van der Waals surface area contributed by atoms with E-state index >= 15 is 0 Å². The summed E-state index contributed by atoms with van der Waals surface area (Å²) in [6.45, 7) is 2.38. The van der Waals surface area contributed by atoms with E-state index in [-0.39, 0.29) is 6.04 Å². The summed E-state index contributed by atoms with van der Waals surface area (Å²) in [7, 11) is 0. The maximum atomic E-state index is 8.88. The largest absolute Gasteiger partial charge is 0.491 e. The Morgan fingerprint density at radius 1 is 1.53 bits per heavy atom. The lowest BCUT2D eigenvalue weighted by atomic mass is 10.2. The average molecular weight is 205 g/mol. The van der Waals surface area contributed by atoms with Crippen LogP contribution in [-0.4, -0.2) is 12.6 Å². The summed E-state index contributed by atoms with van der Waals surface area (Å²) in [4.78, 5) is 0. The third-order valence-electron chi connectivity index (χ3n) is 2.15. The van der Waals surface area contributed by atoms with Gasteiger partial charge in [-0.1, -0.05) is 13.0 Å². The van der Waals surface area contributed by atoms with Crippen LogP contribution in [0.15, 0.2) is 18.2 Å². The number of benzene rings is 1. The van der Waals surface area contributed by atoms with Crippen molar-refractivity contribution in [1.29, 1.82) is 5.26 Å². The number of nitrogens with two attached hydrogens (primary N) is 2. The molecule has 0 fully saturated rings. The van der Waals surface area contributed by atoms with Crippen molar-refractivity contribution in [3.63, 3.8) is 0 Å². The van der Waals surface area contributed by atoms with Gasteiger partial charge in [-0.3, -0.25) is 0 Å². The quantitative estimate of drug-likeness (QED) is 0.724. The maximum Gasteiger partial charge on any atom is 0.139 e. The van der Waals surface area contributed by atoms with Gasteiger partial charge in [0.25, 0.3) is 0 Å². The van der Waals surface area contributed by atoms with Crippen molar-refractivity contribution in [2.24, 2.45) is 5.73 Å². The number of ether oxygens (including phenoxy) is 1.